The second-order valence-corrected chi connectivity index (χ2v) is 11.0. The summed E-state index contributed by atoms with van der Waals surface area (Å²) in [6.45, 7) is 4.86. The molecule has 6 rings (SSSR count). The summed E-state index contributed by atoms with van der Waals surface area (Å²) in [5.74, 6) is 2.41. The Morgan fingerprint density at radius 1 is 1.00 bits per heavy atom. The average molecular weight is 597 g/mol. The molecule has 214 valence electrons. The third kappa shape index (κ3) is 7.39. The topological polar surface area (TPSA) is 59.0 Å². The van der Waals surface area contributed by atoms with Crippen LogP contribution < -0.4 is 4.74 Å². The Bertz CT molecular complexity index is 1330. The number of imidazole rings is 1. The molecule has 0 radical (unpaired) electrons. The van der Waals surface area contributed by atoms with E-state index >= 15 is 0 Å². The highest BCUT2D eigenvalue weighted by atomic mass is 35.5. The Hall–Kier alpha value is -2.03. The molecular formula is C29H40Cl3N5O2. The third-order valence-electron chi connectivity index (χ3n) is 7.82. The van der Waals surface area contributed by atoms with Crippen molar-refractivity contribution in [2.45, 2.75) is 51.6 Å². The van der Waals surface area contributed by atoms with Crippen molar-refractivity contribution in [1.82, 2.24) is 24.3 Å². The van der Waals surface area contributed by atoms with Gasteiger partial charge in [0.2, 0.25) is 0 Å². The number of aromatic nitrogens is 3. The van der Waals surface area contributed by atoms with Gasteiger partial charge in [0.05, 0.1) is 17.9 Å². The predicted octanol–water partition coefficient (Wildman–Crippen LogP) is 6.44. The van der Waals surface area contributed by atoms with E-state index in [9.17, 15) is 0 Å². The van der Waals surface area contributed by atoms with Crippen molar-refractivity contribution in [3.63, 3.8) is 0 Å². The molecule has 1 aliphatic carbocycles. The average Bonchev–Trinajstić information content (AvgIpc) is 3.41. The van der Waals surface area contributed by atoms with Crippen molar-refractivity contribution in [3.8, 4) is 5.75 Å². The van der Waals surface area contributed by atoms with Gasteiger partial charge >= 0.3 is 0 Å². The number of benzene rings is 1. The molecule has 0 amide bonds. The van der Waals surface area contributed by atoms with E-state index in [4.69, 9.17) is 9.26 Å². The summed E-state index contributed by atoms with van der Waals surface area (Å²) in [5.41, 5.74) is 5.45. The van der Waals surface area contributed by atoms with Crippen molar-refractivity contribution >= 4 is 53.8 Å². The van der Waals surface area contributed by atoms with Crippen molar-refractivity contribution in [3.05, 3.63) is 59.7 Å². The largest absolute Gasteiger partial charge is 0.493 e. The van der Waals surface area contributed by atoms with E-state index in [1.54, 1.807) is 0 Å². The van der Waals surface area contributed by atoms with E-state index < -0.39 is 0 Å². The van der Waals surface area contributed by atoms with Crippen molar-refractivity contribution < 1.29 is 9.26 Å². The zero-order valence-electron chi connectivity index (χ0n) is 22.8. The summed E-state index contributed by atoms with van der Waals surface area (Å²) in [6, 6.07) is 10.7. The van der Waals surface area contributed by atoms with E-state index in [0.29, 0.717) is 0 Å². The number of aryl methyl sites for hydroxylation is 1. The zero-order valence-corrected chi connectivity index (χ0v) is 25.2. The van der Waals surface area contributed by atoms with Gasteiger partial charge in [-0.1, -0.05) is 11.2 Å². The Labute approximate surface area is 249 Å². The molecule has 10 heteroatoms. The van der Waals surface area contributed by atoms with Crippen LogP contribution >= 0.6 is 37.2 Å². The molecule has 7 nitrogen and oxygen atoms in total. The first-order valence-electron chi connectivity index (χ1n) is 13.4. The van der Waals surface area contributed by atoms with Gasteiger partial charge in [0.1, 0.15) is 11.4 Å². The summed E-state index contributed by atoms with van der Waals surface area (Å²) in [5, 5.41) is 5.67. The maximum atomic E-state index is 6.18. The minimum atomic E-state index is 0. The molecule has 1 aliphatic heterocycles. The number of pyridine rings is 1. The van der Waals surface area contributed by atoms with Gasteiger partial charge in [0.25, 0.3) is 0 Å². The lowest BCUT2D eigenvalue weighted by molar-refractivity contribution is 0.170. The standard InChI is InChI=1S/C29H37N5O2.3ClH/c1-32(2)19-25-27(35-20-22-6-7-22)11-9-24-26(31-36-29(24)25)10-8-21-12-15-33(16-13-21)18-23-4-3-5-28-30-14-17-34(23)28;;;/h3-5,9,11,14,17,21-22H,6-8,10,12-13,15-16,18-20H2,1-2H3;3*1H. The highest BCUT2D eigenvalue weighted by Gasteiger charge is 2.25. The minimum absolute atomic E-state index is 0. The van der Waals surface area contributed by atoms with Crippen LogP contribution in [-0.2, 0) is 19.5 Å². The molecule has 1 saturated heterocycles. The summed E-state index contributed by atoms with van der Waals surface area (Å²) >= 11 is 0. The summed E-state index contributed by atoms with van der Waals surface area (Å²) in [7, 11) is 4.17. The normalized spacial score (nSPS) is 16.2. The van der Waals surface area contributed by atoms with E-state index in [-0.39, 0.29) is 37.2 Å². The van der Waals surface area contributed by atoms with Crippen molar-refractivity contribution in [2.75, 3.05) is 33.8 Å². The van der Waals surface area contributed by atoms with Gasteiger partial charge in [0, 0.05) is 36.6 Å². The number of fused-ring (bicyclic) bond motifs is 2. The van der Waals surface area contributed by atoms with Gasteiger partial charge in [0.15, 0.2) is 5.58 Å². The number of hydrogen-bond donors (Lipinski definition) is 0. The van der Waals surface area contributed by atoms with Gasteiger partial charge in [-0.05, 0) is 102 Å². The smallest absolute Gasteiger partial charge is 0.175 e. The number of piperidine rings is 1. The summed E-state index contributed by atoms with van der Waals surface area (Å²) in [4.78, 5) is 9.16. The molecule has 0 N–H and O–H groups in total. The van der Waals surface area contributed by atoms with Crippen LogP contribution in [-0.4, -0.2) is 58.1 Å². The number of halogens is 3. The second kappa shape index (κ2) is 14.0. The van der Waals surface area contributed by atoms with Gasteiger partial charge in [-0.15, -0.1) is 37.2 Å². The van der Waals surface area contributed by atoms with Gasteiger partial charge in [-0.2, -0.15) is 0 Å². The molecule has 0 unspecified atom stereocenters. The fourth-order valence-corrected chi connectivity index (χ4v) is 5.50. The highest BCUT2D eigenvalue weighted by Crippen LogP contribution is 2.35. The molecule has 1 saturated carbocycles. The molecule has 39 heavy (non-hydrogen) atoms. The van der Waals surface area contributed by atoms with Crippen LogP contribution in [0.1, 0.15) is 49.1 Å². The van der Waals surface area contributed by atoms with Crippen LogP contribution in [0.25, 0.3) is 16.6 Å². The van der Waals surface area contributed by atoms with Gasteiger partial charge < -0.3 is 18.6 Å². The lowest BCUT2D eigenvalue weighted by atomic mass is 9.91. The zero-order chi connectivity index (χ0) is 24.5. The lowest BCUT2D eigenvalue weighted by Gasteiger charge is -2.32. The first-order valence-corrected chi connectivity index (χ1v) is 13.4. The van der Waals surface area contributed by atoms with E-state index in [1.807, 2.05) is 6.20 Å². The summed E-state index contributed by atoms with van der Waals surface area (Å²) < 4.78 is 14.3. The molecular weight excluding hydrogens is 557 g/mol. The van der Waals surface area contributed by atoms with Gasteiger partial charge in [-0.3, -0.25) is 4.90 Å². The van der Waals surface area contributed by atoms with E-state index in [2.05, 4.69) is 75.0 Å². The fourth-order valence-electron chi connectivity index (χ4n) is 5.50. The Kier molecular flexibility index (Phi) is 11.3. The number of hydrogen-bond acceptors (Lipinski definition) is 6. The van der Waals surface area contributed by atoms with Crippen molar-refractivity contribution in [2.24, 2.45) is 11.8 Å². The van der Waals surface area contributed by atoms with Gasteiger partial charge in [-0.25, -0.2) is 4.98 Å². The van der Waals surface area contributed by atoms with Crippen LogP contribution in [0, 0.1) is 11.8 Å². The van der Waals surface area contributed by atoms with E-state index in [0.717, 1.165) is 91.1 Å². The quantitative estimate of drug-likeness (QED) is 0.210. The first-order chi connectivity index (χ1) is 17.6. The number of nitrogens with zero attached hydrogens (tertiary/aromatic N) is 5. The number of ether oxygens (including phenoxy) is 1. The maximum absolute atomic E-state index is 6.18. The molecule has 4 heterocycles. The predicted molar refractivity (Wildman–Crippen MR) is 163 cm³/mol. The first kappa shape index (κ1) is 31.5. The summed E-state index contributed by atoms with van der Waals surface area (Å²) in [6.07, 6.45) is 11.1. The molecule has 4 aromatic rings. The molecule has 2 fully saturated rings. The molecule has 1 aromatic carbocycles. The Balaban J connectivity index is 0.00000140. The van der Waals surface area contributed by atoms with Crippen LogP contribution in [0.3, 0.4) is 0 Å². The molecule has 0 spiro atoms. The minimum Gasteiger partial charge on any atom is -0.493 e. The third-order valence-corrected chi connectivity index (χ3v) is 7.82. The Morgan fingerprint density at radius 3 is 2.54 bits per heavy atom. The highest BCUT2D eigenvalue weighted by molar-refractivity contribution is 5.86. The fraction of sp³-hybridized carbons (Fsp3) is 0.517. The molecule has 0 bridgehead atoms. The second-order valence-electron chi connectivity index (χ2n) is 11.0. The van der Waals surface area contributed by atoms with Crippen LogP contribution in [0.5, 0.6) is 5.75 Å². The number of rotatable bonds is 10. The van der Waals surface area contributed by atoms with Crippen molar-refractivity contribution in [1.29, 1.82) is 0 Å². The molecule has 0 atom stereocenters. The lowest BCUT2D eigenvalue weighted by Crippen LogP contribution is -2.33. The van der Waals surface area contributed by atoms with Crippen LogP contribution in [0.2, 0.25) is 0 Å². The van der Waals surface area contributed by atoms with E-state index in [1.165, 1.54) is 31.4 Å². The SMILES string of the molecule is CN(C)Cc1c(OCC2CC2)ccc2c(CCC3CCN(Cc4cccc5nccn45)CC3)noc12.Cl.Cl.Cl. The maximum Gasteiger partial charge on any atom is 0.175 e. The number of likely N-dealkylation sites (tertiary alicyclic amines) is 1. The monoisotopic (exact) mass is 595 g/mol. The van der Waals surface area contributed by atoms with Crippen LogP contribution in [0.4, 0.5) is 0 Å². The van der Waals surface area contributed by atoms with Crippen LogP contribution in [0.15, 0.2) is 47.2 Å². The molecule has 2 aliphatic rings. The Morgan fingerprint density at radius 2 is 1.79 bits per heavy atom. The molecule has 3 aromatic heterocycles.